The van der Waals surface area contributed by atoms with E-state index in [1.165, 1.54) is 12.1 Å². The number of aliphatic hydroxyl groups excluding tert-OH is 1. The predicted octanol–water partition coefficient (Wildman–Crippen LogP) is 2.94. The van der Waals surface area contributed by atoms with Crippen molar-refractivity contribution < 1.29 is 18.4 Å². The molecule has 2 atom stereocenters. The largest absolute Gasteiger partial charge is 0.393 e. The third-order valence-corrected chi connectivity index (χ3v) is 8.30. The van der Waals surface area contributed by atoms with Crippen LogP contribution in [0.3, 0.4) is 0 Å². The van der Waals surface area contributed by atoms with E-state index in [4.69, 9.17) is 0 Å². The van der Waals surface area contributed by atoms with E-state index in [9.17, 15) is 23.6 Å². The Balaban J connectivity index is 1.60. The number of rotatable bonds is 5. The molecular weight excluding hydrogens is 394 g/mol. The van der Waals surface area contributed by atoms with E-state index in [0.717, 1.165) is 38.5 Å². The number of nitro groups is 1. The highest BCUT2D eigenvalue weighted by atomic mass is 32.2. The van der Waals surface area contributed by atoms with Gasteiger partial charge in [-0.2, -0.15) is 0 Å². The van der Waals surface area contributed by atoms with Crippen LogP contribution in [0.1, 0.15) is 58.3 Å². The maximum Gasteiger partial charge on any atom is 0.293 e. The number of sulfonamides is 1. The van der Waals surface area contributed by atoms with Crippen LogP contribution >= 0.6 is 0 Å². The number of fused-ring (bicyclic) bond motifs is 2. The molecule has 0 aromatic heterocycles. The van der Waals surface area contributed by atoms with E-state index in [-0.39, 0.29) is 34.8 Å². The standard InChI is InChI=1S/C20H29N3O5S/c1-13-2-4-14(5-3-13)21-29(27,28)18-8-9-19(20(12-18)23(25)26)22-15-6-7-16(22)11-17(24)10-15/h8-9,12-17,21,24H,2-7,10-11H2,1H3. The molecule has 0 radical (unpaired) electrons. The third-order valence-electron chi connectivity index (χ3n) is 6.78. The van der Waals surface area contributed by atoms with E-state index in [1.54, 1.807) is 6.07 Å². The number of hydrogen-bond donors (Lipinski definition) is 2. The molecule has 9 heteroatoms. The second-order valence-electron chi connectivity index (χ2n) is 8.90. The number of nitrogens with zero attached hydrogens (tertiary/aromatic N) is 2. The fourth-order valence-electron chi connectivity index (χ4n) is 5.24. The van der Waals surface area contributed by atoms with Crippen LogP contribution in [0.5, 0.6) is 0 Å². The molecule has 2 unspecified atom stereocenters. The lowest BCUT2D eigenvalue weighted by Crippen LogP contribution is -2.45. The van der Waals surface area contributed by atoms with Crippen LogP contribution in [0.25, 0.3) is 0 Å². The zero-order valence-corrected chi connectivity index (χ0v) is 17.5. The van der Waals surface area contributed by atoms with Crippen molar-refractivity contribution >= 4 is 21.4 Å². The number of hydrogen-bond acceptors (Lipinski definition) is 6. The second kappa shape index (κ2) is 7.85. The summed E-state index contributed by atoms with van der Waals surface area (Å²) < 4.78 is 28.4. The fraction of sp³-hybridized carbons (Fsp3) is 0.700. The first-order valence-corrected chi connectivity index (χ1v) is 12.0. The van der Waals surface area contributed by atoms with Crippen LogP contribution in [0.2, 0.25) is 0 Å². The predicted molar refractivity (Wildman–Crippen MR) is 109 cm³/mol. The van der Waals surface area contributed by atoms with Gasteiger partial charge in [0.1, 0.15) is 5.69 Å². The van der Waals surface area contributed by atoms with Gasteiger partial charge in [0.15, 0.2) is 0 Å². The summed E-state index contributed by atoms with van der Waals surface area (Å²) in [4.78, 5) is 13.2. The minimum atomic E-state index is -3.81. The Kier molecular flexibility index (Phi) is 5.56. The minimum absolute atomic E-state index is 0.0593. The first-order chi connectivity index (χ1) is 13.7. The van der Waals surface area contributed by atoms with E-state index in [2.05, 4.69) is 11.6 Å². The minimum Gasteiger partial charge on any atom is -0.393 e. The monoisotopic (exact) mass is 423 g/mol. The van der Waals surface area contributed by atoms with Crippen LogP contribution in [0.4, 0.5) is 11.4 Å². The Morgan fingerprint density at radius 1 is 1.10 bits per heavy atom. The molecule has 1 aromatic carbocycles. The van der Waals surface area contributed by atoms with Gasteiger partial charge in [-0.15, -0.1) is 0 Å². The summed E-state index contributed by atoms with van der Waals surface area (Å²) in [6, 6.07) is 4.24. The maximum atomic E-state index is 12.8. The van der Waals surface area contributed by atoms with Crippen molar-refractivity contribution in [2.24, 2.45) is 5.92 Å². The maximum absolute atomic E-state index is 12.8. The normalized spacial score (nSPS) is 32.3. The van der Waals surface area contributed by atoms with Gasteiger partial charge < -0.3 is 10.0 Å². The first-order valence-electron chi connectivity index (χ1n) is 10.5. The highest BCUT2D eigenvalue weighted by molar-refractivity contribution is 7.89. The Bertz CT molecular complexity index is 868. The molecule has 3 fully saturated rings. The quantitative estimate of drug-likeness (QED) is 0.556. The zero-order chi connectivity index (χ0) is 20.8. The van der Waals surface area contributed by atoms with Gasteiger partial charge in [-0.1, -0.05) is 6.92 Å². The summed E-state index contributed by atoms with van der Waals surface area (Å²) in [5.74, 6) is 0.606. The molecule has 29 heavy (non-hydrogen) atoms. The first kappa shape index (κ1) is 20.6. The highest BCUT2D eigenvalue weighted by Crippen LogP contribution is 2.43. The van der Waals surface area contributed by atoms with Gasteiger partial charge in [-0.05, 0) is 69.4 Å². The van der Waals surface area contributed by atoms with Gasteiger partial charge in [0.25, 0.3) is 5.69 Å². The van der Waals surface area contributed by atoms with Crippen LogP contribution in [-0.4, -0.2) is 42.7 Å². The Morgan fingerprint density at radius 2 is 1.72 bits per heavy atom. The summed E-state index contributed by atoms with van der Waals surface area (Å²) in [5, 5.41) is 21.8. The van der Waals surface area contributed by atoms with Crippen LogP contribution in [0.15, 0.2) is 23.1 Å². The van der Waals surface area contributed by atoms with E-state index in [1.807, 2.05) is 4.90 Å². The molecule has 2 bridgehead atoms. The van der Waals surface area contributed by atoms with Crippen LogP contribution < -0.4 is 9.62 Å². The summed E-state index contributed by atoms with van der Waals surface area (Å²) >= 11 is 0. The number of piperidine rings is 1. The van der Waals surface area contributed by atoms with Crippen molar-refractivity contribution in [1.29, 1.82) is 0 Å². The third kappa shape index (κ3) is 4.13. The van der Waals surface area contributed by atoms with E-state index >= 15 is 0 Å². The van der Waals surface area contributed by atoms with Crippen molar-refractivity contribution in [3.05, 3.63) is 28.3 Å². The van der Waals surface area contributed by atoms with Gasteiger partial charge in [0, 0.05) is 24.2 Å². The molecule has 160 valence electrons. The summed E-state index contributed by atoms with van der Waals surface area (Å²) in [7, 11) is -3.81. The lowest BCUT2D eigenvalue weighted by atomic mass is 9.88. The molecular formula is C20H29N3O5S. The Labute approximate surface area is 171 Å². The average molecular weight is 424 g/mol. The lowest BCUT2D eigenvalue weighted by Gasteiger charge is -2.38. The van der Waals surface area contributed by atoms with E-state index in [0.29, 0.717) is 24.4 Å². The molecule has 2 saturated heterocycles. The molecule has 1 aliphatic carbocycles. The van der Waals surface area contributed by atoms with Gasteiger partial charge in [-0.3, -0.25) is 10.1 Å². The molecule has 0 amide bonds. The van der Waals surface area contributed by atoms with Gasteiger partial charge in [0.05, 0.1) is 15.9 Å². The fourth-order valence-corrected chi connectivity index (χ4v) is 6.57. The molecule has 2 N–H and O–H groups in total. The van der Waals surface area contributed by atoms with Crippen LogP contribution in [-0.2, 0) is 10.0 Å². The molecule has 2 heterocycles. The number of benzene rings is 1. The number of aliphatic hydroxyl groups is 1. The van der Waals surface area contributed by atoms with E-state index < -0.39 is 14.9 Å². The van der Waals surface area contributed by atoms with Crippen molar-refractivity contribution in [1.82, 2.24) is 4.72 Å². The lowest BCUT2D eigenvalue weighted by molar-refractivity contribution is -0.384. The van der Waals surface area contributed by atoms with Crippen molar-refractivity contribution in [3.8, 4) is 0 Å². The zero-order valence-electron chi connectivity index (χ0n) is 16.7. The topological polar surface area (TPSA) is 113 Å². The number of nitro benzene ring substituents is 1. The Morgan fingerprint density at radius 3 is 2.31 bits per heavy atom. The van der Waals surface area contributed by atoms with Crippen LogP contribution in [0, 0.1) is 16.0 Å². The van der Waals surface area contributed by atoms with Gasteiger partial charge in [0.2, 0.25) is 10.0 Å². The molecule has 1 aromatic rings. The molecule has 8 nitrogen and oxygen atoms in total. The molecule has 3 aliphatic rings. The summed E-state index contributed by atoms with van der Waals surface area (Å²) in [6.07, 6.45) is 6.14. The molecule has 4 rings (SSSR count). The van der Waals surface area contributed by atoms with Crippen molar-refractivity contribution in [2.75, 3.05) is 4.90 Å². The summed E-state index contributed by atoms with van der Waals surface area (Å²) in [5.41, 5.74) is 0.276. The molecule has 0 spiro atoms. The summed E-state index contributed by atoms with van der Waals surface area (Å²) in [6.45, 7) is 2.17. The Hall–Kier alpha value is -1.71. The van der Waals surface area contributed by atoms with Gasteiger partial charge >= 0.3 is 0 Å². The number of nitrogens with one attached hydrogen (secondary N) is 1. The number of anilines is 1. The highest BCUT2D eigenvalue weighted by Gasteiger charge is 2.42. The average Bonchev–Trinajstić information content (AvgIpc) is 2.93. The SMILES string of the molecule is CC1CCC(NS(=O)(=O)c2ccc(N3C4CCC3CC(O)C4)c([N+](=O)[O-])c2)CC1. The van der Waals surface area contributed by atoms with Crippen molar-refractivity contribution in [2.45, 2.75) is 87.4 Å². The second-order valence-corrected chi connectivity index (χ2v) is 10.6. The van der Waals surface area contributed by atoms with Crippen molar-refractivity contribution in [3.63, 3.8) is 0 Å². The molecule has 2 aliphatic heterocycles. The van der Waals surface area contributed by atoms with Gasteiger partial charge in [-0.25, -0.2) is 13.1 Å². The molecule has 1 saturated carbocycles. The smallest absolute Gasteiger partial charge is 0.293 e.